The second-order valence-corrected chi connectivity index (χ2v) is 7.97. The monoisotopic (exact) mass is 386 g/mol. The van der Waals surface area contributed by atoms with E-state index < -0.39 is 5.60 Å². The van der Waals surface area contributed by atoms with Crippen LogP contribution in [0.2, 0.25) is 0 Å². The van der Waals surface area contributed by atoms with Crippen LogP contribution in [0.3, 0.4) is 0 Å². The van der Waals surface area contributed by atoms with E-state index in [1.165, 1.54) is 0 Å². The third-order valence-electron chi connectivity index (χ3n) is 3.96. The zero-order valence-electron chi connectivity index (χ0n) is 14.4. The summed E-state index contributed by atoms with van der Waals surface area (Å²) in [6.45, 7) is 10.3. The van der Waals surface area contributed by atoms with Crippen molar-refractivity contribution in [1.29, 1.82) is 0 Å². The standard InChI is InChI=1S/C17H27BrN2O3/c1-12(14-5-6-15(18)22-14)19-9-7-13-8-10-20(11-13)16(21)23-17(2,3)4/h5-6,12-13,19H,7-11H2,1-4H3. The zero-order valence-corrected chi connectivity index (χ0v) is 16.0. The van der Waals surface area contributed by atoms with Crippen molar-refractivity contribution in [2.24, 2.45) is 5.92 Å². The highest BCUT2D eigenvalue weighted by atomic mass is 79.9. The van der Waals surface area contributed by atoms with Crippen LogP contribution in [0.4, 0.5) is 4.79 Å². The molecule has 23 heavy (non-hydrogen) atoms. The number of nitrogens with one attached hydrogen (secondary N) is 1. The second kappa shape index (κ2) is 7.71. The Labute approximate surface area is 146 Å². The first-order chi connectivity index (χ1) is 10.7. The minimum Gasteiger partial charge on any atom is -0.453 e. The Kier molecular flexibility index (Phi) is 6.14. The Hall–Kier alpha value is -1.01. The number of furan rings is 1. The van der Waals surface area contributed by atoms with Gasteiger partial charge in [-0.3, -0.25) is 0 Å². The molecule has 1 N–H and O–H groups in total. The fourth-order valence-corrected chi connectivity index (χ4v) is 3.05. The third kappa shape index (κ3) is 5.84. The third-order valence-corrected chi connectivity index (χ3v) is 4.39. The normalized spacial score (nSPS) is 19.9. The van der Waals surface area contributed by atoms with Gasteiger partial charge in [-0.1, -0.05) is 0 Å². The van der Waals surface area contributed by atoms with E-state index in [4.69, 9.17) is 9.15 Å². The Morgan fingerprint density at radius 3 is 2.87 bits per heavy atom. The number of hydrogen-bond acceptors (Lipinski definition) is 4. The molecular formula is C17H27BrN2O3. The van der Waals surface area contributed by atoms with Gasteiger partial charge in [-0.25, -0.2) is 4.79 Å². The molecule has 0 saturated carbocycles. The summed E-state index contributed by atoms with van der Waals surface area (Å²) in [5.41, 5.74) is -0.427. The van der Waals surface area contributed by atoms with Crippen LogP contribution in [-0.4, -0.2) is 36.2 Å². The number of likely N-dealkylation sites (tertiary alicyclic amines) is 1. The van der Waals surface area contributed by atoms with E-state index >= 15 is 0 Å². The molecule has 0 spiro atoms. The van der Waals surface area contributed by atoms with Crippen LogP contribution < -0.4 is 5.32 Å². The van der Waals surface area contributed by atoms with Crippen LogP contribution in [-0.2, 0) is 4.74 Å². The van der Waals surface area contributed by atoms with Crippen molar-refractivity contribution in [2.75, 3.05) is 19.6 Å². The number of carbonyl (C=O) groups is 1. The summed E-state index contributed by atoms with van der Waals surface area (Å²) in [7, 11) is 0. The number of ether oxygens (including phenoxy) is 1. The van der Waals surface area contributed by atoms with Crippen molar-refractivity contribution in [3.8, 4) is 0 Å². The largest absolute Gasteiger partial charge is 0.453 e. The maximum atomic E-state index is 12.0. The van der Waals surface area contributed by atoms with Gasteiger partial charge in [0.25, 0.3) is 0 Å². The van der Waals surface area contributed by atoms with Crippen molar-refractivity contribution in [3.05, 3.63) is 22.6 Å². The summed E-state index contributed by atoms with van der Waals surface area (Å²) in [6.07, 6.45) is 1.90. The number of nitrogens with zero attached hydrogens (tertiary/aromatic N) is 1. The average molecular weight is 387 g/mol. The molecule has 1 aliphatic rings. The lowest BCUT2D eigenvalue weighted by Gasteiger charge is -2.24. The number of rotatable bonds is 5. The molecule has 0 bridgehead atoms. The highest BCUT2D eigenvalue weighted by Gasteiger charge is 2.29. The molecule has 2 heterocycles. The first-order valence-electron chi connectivity index (χ1n) is 8.21. The van der Waals surface area contributed by atoms with Gasteiger partial charge < -0.3 is 19.4 Å². The lowest BCUT2D eigenvalue weighted by molar-refractivity contribution is 0.0287. The number of amides is 1. The van der Waals surface area contributed by atoms with Gasteiger partial charge in [-0.2, -0.15) is 0 Å². The second-order valence-electron chi connectivity index (χ2n) is 7.19. The molecule has 1 fully saturated rings. The van der Waals surface area contributed by atoms with Gasteiger partial charge in [0.2, 0.25) is 0 Å². The lowest BCUT2D eigenvalue weighted by Crippen LogP contribution is -2.35. The van der Waals surface area contributed by atoms with Gasteiger partial charge in [0, 0.05) is 13.1 Å². The zero-order chi connectivity index (χ0) is 17.0. The minimum atomic E-state index is -0.427. The summed E-state index contributed by atoms with van der Waals surface area (Å²) in [6, 6.07) is 4.06. The predicted molar refractivity (Wildman–Crippen MR) is 93.4 cm³/mol. The van der Waals surface area contributed by atoms with Gasteiger partial charge in [0.05, 0.1) is 6.04 Å². The Morgan fingerprint density at radius 1 is 1.52 bits per heavy atom. The van der Waals surface area contributed by atoms with E-state index in [0.717, 1.165) is 42.9 Å². The SMILES string of the molecule is CC(NCCC1CCN(C(=O)OC(C)(C)C)C1)c1ccc(Br)o1. The van der Waals surface area contributed by atoms with E-state index in [2.05, 4.69) is 28.2 Å². The Balaban J connectivity index is 1.69. The van der Waals surface area contributed by atoms with Crippen LogP contribution in [0.5, 0.6) is 0 Å². The molecule has 5 nitrogen and oxygen atoms in total. The van der Waals surface area contributed by atoms with E-state index in [1.54, 1.807) is 0 Å². The van der Waals surface area contributed by atoms with E-state index in [-0.39, 0.29) is 12.1 Å². The molecule has 2 rings (SSSR count). The molecule has 1 amide bonds. The number of halogens is 1. The molecule has 1 aromatic rings. The van der Waals surface area contributed by atoms with E-state index in [9.17, 15) is 4.79 Å². The molecule has 0 radical (unpaired) electrons. The maximum Gasteiger partial charge on any atom is 0.410 e. The molecule has 2 atom stereocenters. The fraction of sp³-hybridized carbons (Fsp3) is 0.706. The Bertz CT molecular complexity index is 524. The molecule has 0 aliphatic carbocycles. The van der Waals surface area contributed by atoms with Gasteiger partial charge >= 0.3 is 6.09 Å². The molecule has 130 valence electrons. The summed E-state index contributed by atoms with van der Waals surface area (Å²) >= 11 is 3.32. The highest BCUT2D eigenvalue weighted by Crippen LogP contribution is 2.23. The van der Waals surface area contributed by atoms with Crippen molar-refractivity contribution in [3.63, 3.8) is 0 Å². The molecule has 0 aromatic carbocycles. The van der Waals surface area contributed by atoms with Crippen LogP contribution >= 0.6 is 15.9 Å². The summed E-state index contributed by atoms with van der Waals surface area (Å²) in [5.74, 6) is 1.46. The van der Waals surface area contributed by atoms with Crippen LogP contribution in [0.1, 0.15) is 52.3 Å². The average Bonchev–Trinajstić information content (AvgIpc) is 3.05. The highest BCUT2D eigenvalue weighted by molar-refractivity contribution is 9.10. The van der Waals surface area contributed by atoms with Crippen LogP contribution in [0.15, 0.2) is 21.2 Å². The van der Waals surface area contributed by atoms with Crippen LogP contribution in [0, 0.1) is 5.92 Å². The predicted octanol–water partition coefficient (Wildman–Crippen LogP) is 4.34. The van der Waals surface area contributed by atoms with Crippen molar-refractivity contribution >= 4 is 22.0 Å². The van der Waals surface area contributed by atoms with Crippen LogP contribution in [0.25, 0.3) is 0 Å². The maximum absolute atomic E-state index is 12.0. The minimum absolute atomic E-state index is 0.185. The summed E-state index contributed by atoms with van der Waals surface area (Å²) in [4.78, 5) is 13.9. The quantitative estimate of drug-likeness (QED) is 0.817. The van der Waals surface area contributed by atoms with Crippen molar-refractivity contribution in [2.45, 2.75) is 52.2 Å². The van der Waals surface area contributed by atoms with Gasteiger partial charge in [-0.15, -0.1) is 0 Å². The molecule has 1 aromatic heterocycles. The fourth-order valence-electron chi connectivity index (χ4n) is 2.73. The van der Waals surface area contributed by atoms with Crippen molar-refractivity contribution in [1.82, 2.24) is 10.2 Å². The molecule has 1 aliphatic heterocycles. The molecule has 1 saturated heterocycles. The topological polar surface area (TPSA) is 54.7 Å². The van der Waals surface area contributed by atoms with E-state index in [0.29, 0.717) is 5.92 Å². The van der Waals surface area contributed by atoms with E-state index in [1.807, 2.05) is 37.8 Å². The molecular weight excluding hydrogens is 360 g/mol. The first-order valence-corrected chi connectivity index (χ1v) is 9.00. The van der Waals surface area contributed by atoms with Crippen molar-refractivity contribution < 1.29 is 13.9 Å². The van der Waals surface area contributed by atoms with Gasteiger partial charge in [0.1, 0.15) is 11.4 Å². The Morgan fingerprint density at radius 2 is 2.26 bits per heavy atom. The lowest BCUT2D eigenvalue weighted by atomic mass is 10.1. The smallest absolute Gasteiger partial charge is 0.410 e. The van der Waals surface area contributed by atoms with Gasteiger partial charge in [0.15, 0.2) is 4.67 Å². The number of carbonyl (C=O) groups excluding carboxylic acids is 1. The van der Waals surface area contributed by atoms with Gasteiger partial charge in [-0.05, 0) is 81.1 Å². The molecule has 6 heteroatoms. The first kappa shape index (κ1) is 18.3. The number of hydrogen-bond donors (Lipinski definition) is 1. The molecule has 2 unspecified atom stereocenters. The summed E-state index contributed by atoms with van der Waals surface area (Å²) in [5, 5.41) is 3.47. The summed E-state index contributed by atoms with van der Waals surface area (Å²) < 4.78 is 11.7.